The van der Waals surface area contributed by atoms with Crippen LogP contribution in [0, 0.1) is 0 Å². The first-order valence-electron chi connectivity index (χ1n) is 8.01. The predicted octanol–water partition coefficient (Wildman–Crippen LogP) is 0.0427. The Morgan fingerprint density at radius 1 is 1.05 bits per heavy atom. The summed E-state index contributed by atoms with van der Waals surface area (Å²) < 4.78 is 0. The van der Waals surface area contributed by atoms with E-state index in [-0.39, 0.29) is 18.2 Å². The topological polar surface area (TPSA) is 113 Å². The molecule has 0 rings (SSSR count). The van der Waals surface area contributed by atoms with Crippen LogP contribution in [0.25, 0.3) is 0 Å². The highest BCUT2D eigenvalue weighted by atomic mass is 16.2. The number of hydrogen-bond acceptors (Lipinski definition) is 4. The summed E-state index contributed by atoms with van der Waals surface area (Å²) in [6.45, 7) is 3.17. The van der Waals surface area contributed by atoms with Gasteiger partial charge in [-0.15, -0.1) is 0 Å². The fraction of sp³-hybridized carbons (Fsp3) is 0.800. The summed E-state index contributed by atoms with van der Waals surface area (Å²) in [7, 11) is 1.77. The number of hydrogen-bond donors (Lipinski definition) is 4. The van der Waals surface area contributed by atoms with Crippen LogP contribution in [0.3, 0.4) is 0 Å². The van der Waals surface area contributed by atoms with Gasteiger partial charge in [0.2, 0.25) is 17.7 Å². The van der Waals surface area contributed by atoms with Crippen molar-refractivity contribution in [3.8, 4) is 0 Å². The molecule has 0 fully saturated rings. The SMILES string of the molecule is CCCCCCCC(=O)NC(CC(N)=O)C(=O)NCCNC. The highest BCUT2D eigenvalue weighted by molar-refractivity contribution is 5.91. The van der Waals surface area contributed by atoms with Gasteiger partial charge in [-0.1, -0.05) is 32.6 Å². The van der Waals surface area contributed by atoms with E-state index in [4.69, 9.17) is 5.73 Å². The van der Waals surface area contributed by atoms with Crippen molar-refractivity contribution in [2.45, 2.75) is 57.9 Å². The molecule has 0 bridgehead atoms. The van der Waals surface area contributed by atoms with Gasteiger partial charge >= 0.3 is 0 Å². The zero-order valence-corrected chi connectivity index (χ0v) is 13.7. The van der Waals surface area contributed by atoms with E-state index in [2.05, 4.69) is 22.9 Å². The summed E-state index contributed by atoms with van der Waals surface area (Å²) in [4.78, 5) is 34.8. The van der Waals surface area contributed by atoms with Gasteiger partial charge in [0.25, 0.3) is 0 Å². The molecule has 0 radical (unpaired) electrons. The van der Waals surface area contributed by atoms with Gasteiger partial charge in [-0.3, -0.25) is 14.4 Å². The molecule has 22 heavy (non-hydrogen) atoms. The summed E-state index contributed by atoms with van der Waals surface area (Å²) in [6, 6.07) is -0.891. The lowest BCUT2D eigenvalue weighted by atomic mass is 10.1. The van der Waals surface area contributed by atoms with Crippen molar-refractivity contribution < 1.29 is 14.4 Å². The highest BCUT2D eigenvalue weighted by Gasteiger charge is 2.22. The van der Waals surface area contributed by atoms with Crippen LogP contribution in [-0.4, -0.2) is 43.9 Å². The smallest absolute Gasteiger partial charge is 0.243 e. The number of carbonyl (C=O) groups excluding carboxylic acids is 3. The summed E-state index contributed by atoms with van der Waals surface area (Å²) >= 11 is 0. The maximum absolute atomic E-state index is 11.9. The van der Waals surface area contributed by atoms with Crippen LogP contribution in [0.15, 0.2) is 0 Å². The highest BCUT2D eigenvalue weighted by Crippen LogP contribution is 2.05. The van der Waals surface area contributed by atoms with Crippen molar-refractivity contribution in [2.24, 2.45) is 5.73 Å². The van der Waals surface area contributed by atoms with Crippen LogP contribution in [0.5, 0.6) is 0 Å². The molecule has 7 nitrogen and oxygen atoms in total. The molecular weight excluding hydrogens is 284 g/mol. The van der Waals surface area contributed by atoms with Gasteiger partial charge < -0.3 is 21.7 Å². The van der Waals surface area contributed by atoms with Crippen molar-refractivity contribution in [3.63, 3.8) is 0 Å². The molecule has 128 valence electrons. The summed E-state index contributed by atoms with van der Waals surface area (Å²) in [6.07, 6.45) is 5.39. The second kappa shape index (κ2) is 13.1. The molecule has 0 saturated carbocycles. The third kappa shape index (κ3) is 11.1. The molecule has 0 heterocycles. The third-order valence-electron chi connectivity index (χ3n) is 3.24. The maximum Gasteiger partial charge on any atom is 0.243 e. The molecule has 0 aromatic rings. The number of nitrogens with two attached hydrogens (primary N) is 1. The number of carbonyl (C=O) groups is 3. The number of rotatable bonds is 13. The minimum Gasteiger partial charge on any atom is -0.370 e. The van der Waals surface area contributed by atoms with Crippen molar-refractivity contribution in [1.29, 1.82) is 0 Å². The Bertz CT molecular complexity index is 348. The fourth-order valence-electron chi connectivity index (χ4n) is 2.00. The Morgan fingerprint density at radius 3 is 2.32 bits per heavy atom. The average molecular weight is 314 g/mol. The molecule has 0 aliphatic heterocycles. The minimum atomic E-state index is -0.891. The van der Waals surface area contributed by atoms with Gasteiger partial charge in [-0.05, 0) is 13.5 Å². The maximum atomic E-state index is 11.9. The van der Waals surface area contributed by atoms with Crippen molar-refractivity contribution in [3.05, 3.63) is 0 Å². The molecule has 1 unspecified atom stereocenters. The van der Waals surface area contributed by atoms with Crippen molar-refractivity contribution in [2.75, 3.05) is 20.1 Å². The first-order valence-corrected chi connectivity index (χ1v) is 8.01. The fourth-order valence-corrected chi connectivity index (χ4v) is 2.00. The summed E-state index contributed by atoms with van der Waals surface area (Å²) in [5.41, 5.74) is 5.13. The van der Waals surface area contributed by atoms with Gasteiger partial charge in [-0.2, -0.15) is 0 Å². The second-order valence-corrected chi connectivity index (χ2v) is 5.35. The minimum absolute atomic E-state index is 0.188. The van der Waals surface area contributed by atoms with Gasteiger partial charge in [0.05, 0.1) is 6.42 Å². The van der Waals surface area contributed by atoms with Crippen LogP contribution in [0.4, 0.5) is 0 Å². The average Bonchev–Trinajstić information content (AvgIpc) is 2.46. The number of amides is 3. The Morgan fingerprint density at radius 2 is 1.73 bits per heavy atom. The Labute approximate surface area is 132 Å². The van der Waals surface area contributed by atoms with E-state index in [1.165, 1.54) is 6.42 Å². The quantitative estimate of drug-likeness (QED) is 0.359. The van der Waals surface area contributed by atoms with E-state index in [9.17, 15) is 14.4 Å². The van der Waals surface area contributed by atoms with Crippen LogP contribution in [-0.2, 0) is 14.4 Å². The number of nitrogens with one attached hydrogen (secondary N) is 3. The van der Waals surface area contributed by atoms with Crippen LogP contribution >= 0.6 is 0 Å². The molecule has 0 spiro atoms. The standard InChI is InChI=1S/C15H30N4O3/c1-3-4-5-6-7-8-14(21)19-12(11-13(16)20)15(22)18-10-9-17-2/h12,17H,3-11H2,1-2H3,(H2,16,20)(H,18,22)(H,19,21). The zero-order chi connectivity index (χ0) is 16.8. The van der Waals surface area contributed by atoms with Gasteiger partial charge in [0.1, 0.15) is 6.04 Å². The molecule has 0 aromatic heterocycles. The Kier molecular flexibility index (Phi) is 12.1. The van der Waals surface area contributed by atoms with Crippen LogP contribution in [0.2, 0.25) is 0 Å². The van der Waals surface area contributed by atoms with Gasteiger partial charge in [0, 0.05) is 19.5 Å². The van der Waals surface area contributed by atoms with Crippen molar-refractivity contribution in [1.82, 2.24) is 16.0 Å². The first-order chi connectivity index (χ1) is 10.5. The zero-order valence-electron chi connectivity index (χ0n) is 13.7. The molecule has 0 saturated heterocycles. The lowest BCUT2D eigenvalue weighted by molar-refractivity contribution is -0.131. The Balaban J connectivity index is 4.18. The molecule has 7 heteroatoms. The lowest BCUT2D eigenvalue weighted by Crippen LogP contribution is -2.49. The monoisotopic (exact) mass is 314 g/mol. The number of unbranched alkanes of at least 4 members (excludes halogenated alkanes) is 4. The molecule has 0 aromatic carbocycles. The van der Waals surface area contributed by atoms with E-state index < -0.39 is 11.9 Å². The largest absolute Gasteiger partial charge is 0.370 e. The van der Waals surface area contributed by atoms with Crippen LogP contribution in [0.1, 0.15) is 51.9 Å². The molecule has 1 atom stereocenters. The third-order valence-corrected chi connectivity index (χ3v) is 3.24. The van der Waals surface area contributed by atoms with E-state index in [0.29, 0.717) is 19.5 Å². The lowest BCUT2D eigenvalue weighted by Gasteiger charge is -2.17. The molecular formula is C15H30N4O3. The molecule has 5 N–H and O–H groups in total. The molecule has 0 aliphatic rings. The van der Waals surface area contributed by atoms with Gasteiger partial charge in [-0.25, -0.2) is 0 Å². The molecule has 0 aliphatic carbocycles. The number of likely N-dealkylation sites (N-methyl/N-ethyl adjacent to an activating group) is 1. The second-order valence-electron chi connectivity index (χ2n) is 5.35. The van der Waals surface area contributed by atoms with E-state index in [1.54, 1.807) is 7.05 Å². The summed E-state index contributed by atoms with van der Waals surface area (Å²) in [5.74, 6) is -1.21. The predicted molar refractivity (Wildman–Crippen MR) is 86.1 cm³/mol. The van der Waals surface area contributed by atoms with E-state index in [1.807, 2.05) is 0 Å². The summed E-state index contributed by atoms with van der Waals surface area (Å²) in [5, 5.41) is 8.14. The number of primary amides is 1. The first kappa shape index (κ1) is 20.4. The van der Waals surface area contributed by atoms with E-state index in [0.717, 1.165) is 25.7 Å². The Hall–Kier alpha value is -1.63. The molecule has 3 amide bonds. The van der Waals surface area contributed by atoms with Gasteiger partial charge in [0.15, 0.2) is 0 Å². The normalized spacial score (nSPS) is 11.7. The van der Waals surface area contributed by atoms with Crippen LogP contribution < -0.4 is 21.7 Å². The van der Waals surface area contributed by atoms with Crippen molar-refractivity contribution >= 4 is 17.7 Å². The van der Waals surface area contributed by atoms with E-state index >= 15 is 0 Å².